The number of benzene rings is 1. The quantitative estimate of drug-likeness (QED) is 0.513. The molecule has 0 saturated heterocycles. The predicted octanol–water partition coefficient (Wildman–Crippen LogP) is 3.54. The van der Waals surface area contributed by atoms with Gasteiger partial charge in [-0.05, 0) is 19.1 Å². The number of carbonyl (C=O) groups excluding carboxylic acids is 1. The molecule has 1 saturated carbocycles. The van der Waals surface area contributed by atoms with Crippen molar-refractivity contribution in [1.29, 1.82) is 0 Å². The van der Waals surface area contributed by atoms with Crippen LogP contribution in [0.15, 0.2) is 35.1 Å². The van der Waals surface area contributed by atoms with Gasteiger partial charge in [0.05, 0.1) is 15.9 Å². The summed E-state index contributed by atoms with van der Waals surface area (Å²) >= 11 is 13.4. The van der Waals surface area contributed by atoms with E-state index in [2.05, 4.69) is 4.98 Å². The van der Waals surface area contributed by atoms with E-state index < -0.39 is 15.7 Å². The molecule has 0 spiro atoms. The van der Waals surface area contributed by atoms with E-state index in [4.69, 9.17) is 27.9 Å². The van der Waals surface area contributed by atoms with Crippen LogP contribution >= 0.6 is 34.5 Å². The van der Waals surface area contributed by atoms with Crippen molar-refractivity contribution in [1.82, 2.24) is 9.38 Å². The zero-order valence-electron chi connectivity index (χ0n) is 12.6. The van der Waals surface area contributed by atoms with Crippen LogP contribution in [0.25, 0.3) is 15.2 Å². The summed E-state index contributed by atoms with van der Waals surface area (Å²) in [6.07, 6.45) is 0.355. The normalized spacial score (nSPS) is 22.0. The minimum absolute atomic E-state index is 0.0851. The van der Waals surface area contributed by atoms with Crippen molar-refractivity contribution in [3.8, 4) is 0 Å². The number of hydrogen-bond acceptors (Lipinski definition) is 5. The molecule has 0 unspecified atom stereocenters. The summed E-state index contributed by atoms with van der Waals surface area (Å²) in [4.78, 5) is 29.5. The highest BCUT2D eigenvalue weighted by Gasteiger charge is 2.69. The molecule has 0 aliphatic heterocycles. The third kappa shape index (κ3) is 2.32. The fourth-order valence-corrected chi connectivity index (χ4v) is 4.36. The Morgan fingerprint density at radius 1 is 1.42 bits per heavy atom. The van der Waals surface area contributed by atoms with Crippen LogP contribution in [0, 0.1) is 5.41 Å². The molecule has 24 heavy (non-hydrogen) atoms. The monoisotopic (exact) mass is 382 g/mol. The number of fused-ring (bicyclic) bond motifs is 3. The zero-order chi connectivity index (χ0) is 17.1. The number of ether oxygens (including phenoxy) is 1. The molecule has 5 nitrogen and oxygen atoms in total. The number of esters is 1. The van der Waals surface area contributed by atoms with E-state index in [9.17, 15) is 9.59 Å². The van der Waals surface area contributed by atoms with Gasteiger partial charge in [-0.15, -0.1) is 23.2 Å². The highest BCUT2D eigenvalue weighted by atomic mass is 35.5. The average molecular weight is 383 g/mol. The van der Waals surface area contributed by atoms with E-state index in [1.54, 1.807) is 11.3 Å². The van der Waals surface area contributed by atoms with E-state index in [1.165, 1.54) is 17.4 Å². The Hall–Kier alpha value is -1.63. The predicted molar refractivity (Wildman–Crippen MR) is 93.8 cm³/mol. The van der Waals surface area contributed by atoms with Gasteiger partial charge in [-0.3, -0.25) is 14.0 Å². The van der Waals surface area contributed by atoms with Crippen molar-refractivity contribution in [3.63, 3.8) is 0 Å². The van der Waals surface area contributed by atoms with Gasteiger partial charge >= 0.3 is 5.97 Å². The first kappa shape index (κ1) is 15.9. The number of rotatable bonds is 3. The van der Waals surface area contributed by atoms with E-state index in [0.717, 1.165) is 10.2 Å². The van der Waals surface area contributed by atoms with Crippen LogP contribution in [0.3, 0.4) is 0 Å². The zero-order valence-corrected chi connectivity index (χ0v) is 14.9. The smallest absolute Gasteiger partial charge is 0.315 e. The summed E-state index contributed by atoms with van der Waals surface area (Å²) in [5, 5.41) is 0. The van der Waals surface area contributed by atoms with E-state index >= 15 is 0 Å². The first-order chi connectivity index (χ1) is 11.3. The number of thiazole rings is 1. The summed E-state index contributed by atoms with van der Waals surface area (Å²) in [5.41, 5.74) is 0.120. The first-order valence-corrected chi connectivity index (χ1v) is 8.84. The Bertz CT molecular complexity index is 1040. The molecule has 2 aromatic heterocycles. The molecule has 8 heteroatoms. The Morgan fingerprint density at radius 2 is 2.12 bits per heavy atom. The lowest BCUT2D eigenvalue weighted by molar-refractivity contribution is -0.151. The summed E-state index contributed by atoms with van der Waals surface area (Å²) in [6, 6.07) is 8.96. The number of carbonyl (C=O) groups is 1. The van der Waals surface area contributed by atoms with Crippen LogP contribution in [-0.2, 0) is 16.1 Å². The highest BCUT2D eigenvalue weighted by molar-refractivity contribution is 7.23. The second-order valence-corrected chi connectivity index (χ2v) is 8.56. The molecule has 1 fully saturated rings. The Labute approximate surface area is 150 Å². The van der Waals surface area contributed by atoms with Gasteiger partial charge in [0, 0.05) is 12.5 Å². The van der Waals surface area contributed by atoms with Crippen LogP contribution in [0.2, 0.25) is 0 Å². The lowest BCUT2D eigenvalue weighted by Gasteiger charge is -2.11. The average Bonchev–Trinajstić information content (AvgIpc) is 2.90. The minimum atomic E-state index is -1.08. The van der Waals surface area contributed by atoms with Gasteiger partial charge < -0.3 is 4.74 Å². The Morgan fingerprint density at radius 3 is 2.83 bits per heavy atom. The largest absolute Gasteiger partial charge is 0.459 e. The summed E-state index contributed by atoms with van der Waals surface area (Å²) in [5.74, 6) is -0.481. The van der Waals surface area contributed by atoms with Gasteiger partial charge in [0.15, 0.2) is 4.96 Å². The number of aromatic nitrogens is 2. The van der Waals surface area contributed by atoms with Gasteiger partial charge in [0.1, 0.15) is 16.4 Å². The molecule has 0 amide bonds. The Kier molecular flexibility index (Phi) is 3.43. The fourth-order valence-electron chi connectivity index (χ4n) is 2.62. The molecule has 4 rings (SSSR count). The van der Waals surface area contributed by atoms with Gasteiger partial charge in [-0.1, -0.05) is 23.5 Å². The molecular weight excluding hydrogens is 371 g/mol. The summed E-state index contributed by atoms with van der Waals surface area (Å²) in [6.45, 7) is 1.57. The first-order valence-electron chi connectivity index (χ1n) is 7.27. The second kappa shape index (κ2) is 5.18. The summed E-state index contributed by atoms with van der Waals surface area (Å²) < 4.78 is 6.70. The van der Waals surface area contributed by atoms with Crippen molar-refractivity contribution < 1.29 is 9.53 Å². The van der Waals surface area contributed by atoms with Crippen LogP contribution in [0.4, 0.5) is 0 Å². The number of alkyl halides is 2. The molecule has 1 aliphatic rings. The number of hydrogen-bond donors (Lipinski definition) is 0. The lowest BCUT2D eigenvalue weighted by Crippen LogP contribution is -2.22. The van der Waals surface area contributed by atoms with E-state index in [1.807, 2.05) is 24.3 Å². The number of halogens is 2. The SMILES string of the molecule is C[C@]1(C(=O)OCc2cc(=O)n3c(n2)sc2ccccc23)CC1(Cl)Cl. The number of nitrogens with zero attached hydrogens (tertiary/aromatic N) is 2. The van der Waals surface area contributed by atoms with Gasteiger partial charge in [-0.2, -0.15) is 0 Å². The maximum absolute atomic E-state index is 12.4. The molecule has 1 aromatic carbocycles. The van der Waals surface area contributed by atoms with Crippen molar-refractivity contribution in [2.24, 2.45) is 5.41 Å². The third-order valence-corrected chi connectivity index (χ3v) is 6.43. The highest BCUT2D eigenvalue weighted by Crippen LogP contribution is 2.64. The molecule has 0 bridgehead atoms. The molecule has 2 heterocycles. The maximum atomic E-state index is 12.4. The molecule has 1 atom stereocenters. The van der Waals surface area contributed by atoms with E-state index in [-0.39, 0.29) is 12.2 Å². The van der Waals surface area contributed by atoms with Crippen molar-refractivity contribution in [3.05, 3.63) is 46.4 Å². The van der Waals surface area contributed by atoms with Crippen LogP contribution in [0.1, 0.15) is 19.0 Å². The Balaban J connectivity index is 1.63. The van der Waals surface area contributed by atoms with E-state index in [0.29, 0.717) is 17.1 Å². The minimum Gasteiger partial charge on any atom is -0.459 e. The molecule has 1 aliphatic carbocycles. The molecule has 3 aromatic rings. The van der Waals surface area contributed by atoms with Crippen LogP contribution in [0.5, 0.6) is 0 Å². The van der Waals surface area contributed by atoms with Crippen LogP contribution < -0.4 is 5.56 Å². The maximum Gasteiger partial charge on any atom is 0.315 e. The van der Waals surface area contributed by atoms with Gasteiger partial charge in [0.2, 0.25) is 0 Å². The molecule has 124 valence electrons. The molecule has 0 radical (unpaired) electrons. The van der Waals surface area contributed by atoms with Crippen molar-refractivity contribution >= 4 is 55.7 Å². The second-order valence-electron chi connectivity index (χ2n) is 6.06. The molecular formula is C16H12Cl2N2O3S. The lowest BCUT2D eigenvalue weighted by atomic mass is 10.1. The van der Waals surface area contributed by atoms with Crippen LogP contribution in [-0.4, -0.2) is 19.7 Å². The fraction of sp³-hybridized carbons (Fsp3) is 0.312. The number of para-hydroxylation sites is 1. The molecule has 0 N–H and O–H groups in total. The third-order valence-electron chi connectivity index (χ3n) is 4.31. The van der Waals surface area contributed by atoms with Crippen molar-refractivity contribution in [2.45, 2.75) is 24.3 Å². The van der Waals surface area contributed by atoms with Gasteiger partial charge in [0.25, 0.3) is 5.56 Å². The topological polar surface area (TPSA) is 60.7 Å². The van der Waals surface area contributed by atoms with Gasteiger partial charge in [-0.25, -0.2) is 4.98 Å². The summed E-state index contributed by atoms with van der Waals surface area (Å²) in [7, 11) is 0. The van der Waals surface area contributed by atoms with Crippen molar-refractivity contribution in [2.75, 3.05) is 0 Å². The standard InChI is InChI=1S/C16H12Cl2N2O3S/c1-15(8-16(15,17)18)13(22)23-7-9-6-12(21)20-10-4-2-3-5-11(10)24-14(20)19-9/h2-6H,7-8H2,1H3/t15-/m1/s1.